The third-order valence-electron chi connectivity index (χ3n) is 8.22. The summed E-state index contributed by atoms with van der Waals surface area (Å²) >= 11 is 0. The van der Waals surface area contributed by atoms with Gasteiger partial charge in [0.1, 0.15) is 10.8 Å². The molecule has 200 valence electrons. The van der Waals surface area contributed by atoms with Gasteiger partial charge >= 0.3 is 5.63 Å². The molecule has 4 aromatic carbocycles. The summed E-state index contributed by atoms with van der Waals surface area (Å²) in [6.45, 7) is 2.58. The molecule has 0 spiro atoms. The van der Waals surface area contributed by atoms with E-state index in [1.807, 2.05) is 104 Å². The molecule has 0 N–H and O–H groups in total. The van der Waals surface area contributed by atoms with E-state index in [4.69, 9.17) is 4.42 Å². The Hall–Kier alpha value is -4.36. The monoisotopic (exact) mass is 548 g/mol. The number of aryl methyl sites for hydroxylation is 1. The predicted octanol–water partition coefficient (Wildman–Crippen LogP) is 6.17. The van der Waals surface area contributed by atoms with Gasteiger partial charge in [-0.15, -0.1) is 0 Å². The fourth-order valence-corrected chi connectivity index (χ4v) is 8.72. The number of benzene rings is 4. The van der Waals surface area contributed by atoms with Crippen LogP contribution in [0, 0.1) is 6.92 Å². The molecule has 7 rings (SSSR count). The summed E-state index contributed by atoms with van der Waals surface area (Å²) in [6, 6.07) is 33.9. The SMILES string of the molecule is Cc1ccc(CN2c3c(c(=O)oc4ccccc34)[C@@H]3[C@@H]([C@@H](c4ccccc4)CN3c3ccccc3)S2(=O)=O)cc1. The average Bonchev–Trinajstić information content (AvgIpc) is 3.38. The predicted molar refractivity (Wildman–Crippen MR) is 158 cm³/mol. The van der Waals surface area contributed by atoms with Crippen LogP contribution in [0.4, 0.5) is 11.4 Å². The second-order valence-corrected chi connectivity index (χ2v) is 12.6. The minimum atomic E-state index is -3.96. The average molecular weight is 549 g/mol. The van der Waals surface area contributed by atoms with Gasteiger partial charge in [-0.05, 0) is 42.3 Å². The quantitative estimate of drug-likeness (QED) is 0.252. The summed E-state index contributed by atoms with van der Waals surface area (Å²) in [7, 11) is -3.96. The van der Waals surface area contributed by atoms with Gasteiger partial charge in [0.25, 0.3) is 0 Å². The van der Waals surface area contributed by atoms with Crippen molar-refractivity contribution in [2.24, 2.45) is 0 Å². The van der Waals surface area contributed by atoms with Gasteiger partial charge < -0.3 is 9.32 Å². The Bertz CT molecular complexity index is 1870. The summed E-state index contributed by atoms with van der Waals surface area (Å²) in [4.78, 5) is 16.0. The van der Waals surface area contributed by atoms with Crippen LogP contribution < -0.4 is 14.8 Å². The fourth-order valence-electron chi connectivity index (χ4n) is 6.38. The Labute approximate surface area is 233 Å². The summed E-state index contributed by atoms with van der Waals surface area (Å²) in [5, 5.41) is -0.264. The van der Waals surface area contributed by atoms with Crippen LogP contribution in [0.2, 0.25) is 0 Å². The number of nitrogens with zero attached hydrogens (tertiary/aromatic N) is 2. The molecule has 0 unspecified atom stereocenters. The van der Waals surface area contributed by atoms with Gasteiger partial charge in [-0.3, -0.25) is 4.31 Å². The highest BCUT2D eigenvalue weighted by atomic mass is 32.2. The number of anilines is 2. The van der Waals surface area contributed by atoms with Crippen LogP contribution in [-0.2, 0) is 16.6 Å². The van der Waals surface area contributed by atoms with Crippen molar-refractivity contribution in [1.82, 2.24) is 0 Å². The van der Waals surface area contributed by atoms with Gasteiger partial charge in [0.05, 0.1) is 23.8 Å². The van der Waals surface area contributed by atoms with Gasteiger partial charge in [-0.1, -0.05) is 90.5 Å². The van der Waals surface area contributed by atoms with E-state index in [2.05, 4.69) is 4.90 Å². The second-order valence-electron chi connectivity index (χ2n) is 10.6. The Morgan fingerprint density at radius 3 is 2.20 bits per heavy atom. The van der Waals surface area contributed by atoms with Crippen molar-refractivity contribution in [2.45, 2.75) is 30.7 Å². The molecule has 3 heterocycles. The molecule has 2 aliphatic heterocycles. The van der Waals surface area contributed by atoms with Crippen molar-refractivity contribution in [1.29, 1.82) is 0 Å². The molecule has 7 heteroatoms. The maximum absolute atomic E-state index is 14.9. The van der Waals surface area contributed by atoms with E-state index in [-0.39, 0.29) is 12.5 Å². The van der Waals surface area contributed by atoms with Crippen molar-refractivity contribution in [3.05, 3.63) is 142 Å². The lowest BCUT2D eigenvalue weighted by atomic mass is 9.92. The molecular weight excluding hydrogens is 520 g/mol. The highest BCUT2D eigenvalue weighted by Gasteiger charge is 2.57. The van der Waals surface area contributed by atoms with Crippen molar-refractivity contribution in [2.75, 3.05) is 15.7 Å². The Balaban J connectivity index is 1.53. The number of sulfonamides is 1. The van der Waals surface area contributed by atoms with E-state index >= 15 is 0 Å². The van der Waals surface area contributed by atoms with Crippen LogP contribution in [-0.4, -0.2) is 20.2 Å². The Morgan fingerprint density at radius 1 is 0.825 bits per heavy atom. The van der Waals surface area contributed by atoms with Gasteiger partial charge in [-0.2, -0.15) is 0 Å². The zero-order chi connectivity index (χ0) is 27.4. The lowest BCUT2D eigenvalue weighted by molar-refractivity contribution is 0.514. The van der Waals surface area contributed by atoms with Crippen molar-refractivity contribution in [3.63, 3.8) is 0 Å². The molecule has 1 aromatic heterocycles. The number of hydrogen-bond acceptors (Lipinski definition) is 5. The molecule has 1 fully saturated rings. The number of hydrogen-bond donors (Lipinski definition) is 0. The third kappa shape index (κ3) is 3.84. The minimum Gasteiger partial charge on any atom is -0.422 e. The van der Waals surface area contributed by atoms with Crippen LogP contribution in [0.1, 0.15) is 34.2 Å². The van der Waals surface area contributed by atoms with E-state index in [1.165, 1.54) is 4.31 Å². The van der Waals surface area contributed by atoms with Crippen LogP contribution in [0.15, 0.2) is 118 Å². The molecule has 40 heavy (non-hydrogen) atoms. The standard InChI is InChI=1S/C33H28N2O4S/c1-22-16-18-23(19-17-22)20-35-30-26-14-8-9-15-28(26)39-33(36)29(30)31-32(40(35,37)38)27(24-10-4-2-5-11-24)21-34(31)25-12-6-3-7-13-25/h2-19,27,31-32H,20-21H2,1H3/t27-,31-,32-/m1/s1. The number of rotatable bonds is 4. The lowest BCUT2D eigenvalue weighted by Crippen LogP contribution is -2.49. The summed E-state index contributed by atoms with van der Waals surface area (Å²) < 4.78 is 37.2. The fraction of sp³-hybridized carbons (Fsp3) is 0.182. The van der Waals surface area contributed by atoms with Crippen LogP contribution in [0.5, 0.6) is 0 Å². The minimum absolute atomic E-state index is 0.124. The summed E-state index contributed by atoms with van der Waals surface area (Å²) in [5.74, 6) is -0.351. The molecule has 2 aliphatic rings. The smallest absolute Gasteiger partial charge is 0.343 e. The van der Waals surface area contributed by atoms with E-state index in [1.54, 1.807) is 12.1 Å². The third-order valence-corrected chi connectivity index (χ3v) is 10.4. The second kappa shape index (κ2) is 9.38. The molecular formula is C33H28N2O4S. The van der Waals surface area contributed by atoms with E-state index < -0.39 is 26.9 Å². The molecule has 5 aromatic rings. The molecule has 0 amide bonds. The topological polar surface area (TPSA) is 70.8 Å². The molecule has 0 aliphatic carbocycles. The summed E-state index contributed by atoms with van der Waals surface area (Å²) in [6.07, 6.45) is 0. The van der Waals surface area contributed by atoms with Gasteiger partial charge in [0.15, 0.2) is 0 Å². The zero-order valence-corrected chi connectivity index (χ0v) is 22.8. The van der Waals surface area contributed by atoms with Gasteiger partial charge in [0, 0.05) is 23.5 Å². The summed E-state index contributed by atoms with van der Waals surface area (Å²) in [5.41, 5.74) is 4.44. The molecule has 3 atom stereocenters. The van der Waals surface area contributed by atoms with Crippen molar-refractivity contribution < 1.29 is 12.8 Å². The number of fused-ring (bicyclic) bond motifs is 5. The van der Waals surface area contributed by atoms with Crippen LogP contribution in [0.3, 0.4) is 0 Å². The highest BCUT2D eigenvalue weighted by molar-refractivity contribution is 7.93. The van der Waals surface area contributed by atoms with Crippen LogP contribution in [0.25, 0.3) is 11.0 Å². The maximum Gasteiger partial charge on any atom is 0.343 e. The Kier molecular flexibility index (Phi) is 5.78. The number of para-hydroxylation sites is 2. The van der Waals surface area contributed by atoms with Gasteiger partial charge in [-0.25, -0.2) is 13.2 Å². The highest BCUT2D eigenvalue weighted by Crippen LogP contribution is 2.54. The van der Waals surface area contributed by atoms with Crippen molar-refractivity contribution >= 4 is 32.4 Å². The van der Waals surface area contributed by atoms with E-state index in [0.717, 1.165) is 22.4 Å². The van der Waals surface area contributed by atoms with Crippen molar-refractivity contribution in [3.8, 4) is 0 Å². The maximum atomic E-state index is 14.9. The molecule has 0 radical (unpaired) electrons. The first-order chi connectivity index (χ1) is 19.4. The molecule has 1 saturated heterocycles. The lowest BCUT2D eigenvalue weighted by Gasteiger charge is -2.40. The van der Waals surface area contributed by atoms with E-state index in [0.29, 0.717) is 28.8 Å². The normalized spacial score (nSPS) is 21.3. The van der Waals surface area contributed by atoms with Gasteiger partial charge in [0.2, 0.25) is 10.0 Å². The van der Waals surface area contributed by atoms with Crippen LogP contribution >= 0.6 is 0 Å². The molecule has 0 bridgehead atoms. The first-order valence-electron chi connectivity index (χ1n) is 13.4. The first-order valence-corrected chi connectivity index (χ1v) is 14.9. The molecule has 6 nitrogen and oxygen atoms in total. The zero-order valence-electron chi connectivity index (χ0n) is 22.0. The molecule has 0 saturated carbocycles. The first kappa shape index (κ1) is 24.7. The van der Waals surface area contributed by atoms with E-state index in [9.17, 15) is 13.2 Å². The largest absolute Gasteiger partial charge is 0.422 e. The Morgan fingerprint density at radius 2 is 1.48 bits per heavy atom.